The predicted octanol–water partition coefficient (Wildman–Crippen LogP) is 6.22. The molecule has 0 aromatic heterocycles. The Balaban J connectivity index is 1.98. The minimum absolute atomic E-state index is 0.0870. The van der Waals surface area contributed by atoms with Crippen molar-refractivity contribution in [2.75, 3.05) is 0 Å². The Morgan fingerprint density at radius 2 is 1.93 bits per heavy atom. The number of benzene rings is 2. The number of carbonyl (C=O) groups is 1. The zero-order valence-electron chi connectivity index (χ0n) is 13.2. The van der Waals surface area contributed by atoms with E-state index in [0.29, 0.717) is 10.2 Å². The molecular formula is C17H10Br2ClF3O4. The average molecular weight is 531 g/mol. The molecule has 3 rings (SSSR count). The highest BCUT2D eigenvalue weighted by atomic mass is 79.9. The standard InChI is InChI=1S/C17H10Br2ClF3O4/c18-8-1-2-10(19)13(5-8)26-14-6-12-7(4-11(14)20)3-9(16(24)25)15(27-12)17(21,22)23/h1-2,4-6,9,15H,3H2,(H,24,25). The topological polar surface area (TPSA) is 55.8 Å². The molecule has 2 aromatic rings. The first-order valence-electron chi connectivity index (χ1n) is 7.47. The highest BCUT2D eigenvalue weighted by molar-refractivity contribution is 9.11. The van der Waals surface area contributed by atoms with Crippen LogP contribution in [0.5, 0.6) is 17.2 Å². The molecule has 0 aliphatic carbocycles. The van der Waals surface area contributed by atoms with Crippen LogP contribution in [-0.4, -0.2) is 23.4 Å². The summed E-state index contributed by atoms with van der Waals surface area (Å²) < 4.78 is 51.7. The normalized spacial score (nSPS) is 19.2. The molecule has 0 saturated carbocycles. The quantitative estimate of drug-likeness (QED) is 0.512. The predicted molar refractivity (Wildman–Crippen MR) is 98.7 cm³/mol. The number of alkyl halides is 3. The number of fused-ring (bicyclic) bond motifs is 1. The molecule has 1 heterocycles. The minimum Gasteiger partial charge on any atom is -0.481 e. The van der Waals surface area contributed by atoms with Crippen LogP contribution in [0.25, 0.3) is 0 Å². The lowest BCUT2D eigenvalue weighted by atomic mass is 9.90. The van der Waals surface area contributed by atoms with Crippen LogP contribution < -0.4 is 9.47 Å². The van der Waals surface area contributed by atoms with Crippen molar-refractivity contribution in [2.24, 2.45) is 5.92 Å². The second-order valence-electron chi connectivity index (χ2n) is 5.80. The summed E-state index contributed by atoms with van der Waals surface area (Å²) in [6.45, 7) is 0. The average Bonchev–Trinajstić information content (AvgIpc) is 2.56. The number of hydrogen-bond donors (Lipinski definition) is 1. The van der Waals surface area contributed by atoms with Gasteiger partial charge in [0, 0.05) is 10.5 Å². The fourth-order valence-electron chi connectivity index (χ4n) is 2.67. The van der Waals surface area contributed by atoms with Gasteiger partial charge in [-0.05, 0) is 52.2 Å². The van der Waals surface area contributed by atoms with Gasteiger partial charge in [-0.2, -0.15) is 13.2 Å². The lowest BCUT2D eigenvalue weighted by Gasteiger charge is -2.32. The van der Waals surface area contributed by atoms with Crippen LogP contribution in [0, 0.1) is 5.92 Å². The van der Waals surface area contributed by atoms with Crippen molar-refractivity contribution < 1.29 is 32.5 Å². The minimum atomic E-state index is -4.82. The molecule has 2 unspecified atom stereocenters. The first kappa shape index (κ1) is 20.3. The Morgan fingerprint density at radius 1 is 1.22 bits per heavy atom. The van der Waals surface area contributed by atoms with Crippen molar-refractivity contribution in [1.29, 1.82) is 0 Å². The van der Waals surface area contributed by atoms with Crippen molar-refractivity contribution in [2.45, 2.75) is 18.7 Å². The van der Waals surface area contributed by atoms with Crippen LogP contribution in [0.4, 0.5) is 13.2 Å². The van der Waals surface area contributed by atoms with Crippen molar-refractivity contribution in [1.82, 2.24) is 0 Å². The van der Waals surface area contributed by atoms with Gasteiger partial charge in [0.15, 0.2) is 0 Å². The molecule has 0 fully saturated rings. The van der Waals surface area contributed by atoms with E-state index in [4.69, 9.17) is 26.2 Å². The van der Waals surface area contributed by atoms with Gasteiger partial charge in [0.2, 0.25) is 6.10 Å². The summed E-state index contributed by atoms with van der Waals surface area (Å²) in [5, 5.41) is 9.25. The van der Waals surface area contributed by atoms with Gasteiger partial charge in [0.1, 0.15) is 23.2 Å². The summed E-state index contributed by atoms with van der Waals surface area (Å²) in [6.07, 6.45) is -7.63. The molecule has 2 atom stereocenters. The van der Waals surface area contributed by atoms with Crippen LogP contribution in [0.1, 0.15) is 5.56 Å². The highest BCUT2D eigenvalue weighted by Crippen LogP contribution is 2.44. The molecule has 0 amide bonds. The van der Waals surface area contributed by atoms with E-state index in [2.05, 4.69) is 31.9 Å². The molecule has 4 nitrogen and oxygen atoms in total. The van der Waals surface area contributed by atoms with E-state index in [0.717, 1.165) is 4.47 Å². The van der Waals surface area contributed by atoms with E-state index in [1.165, 1.54) is 12.1 Å². The van der Waals surface area contributed by atoms with Crippen LogP contribution >= 0.6 is 43.5 Å². The van der Waals surface area contributed by atoms with Gasteiger partial charge in [-0.15, -0.1) is 0 Å². The van der Waals surface area contributed by atoms with Gasteiger partial charge in [0.05, 0.1) is 9.50 Å². The molecule has 0 radical (unpaired) electrons. The van der Waals surface area contributed by atoms with E-state index in [1.807, 2.05) is 0 Å². The first-order chi connectivity index (χ1) is 12.6. The largest absolute Gasteiger partial charge is 0.481 e. The van der Waals surface area contributed by atoms with Crippen LogP contribution in [0.15, 0.2) is 39.3 Å². The molecular weight excluding hydrogens is 520 g/mol. The molecule has 0 bridgehead atoms. The number of aliphatic carboxylic acids is 1. The molecule has 0 spiro atoms. The van der Waals surface area contributed by atoms with Crippen molar-refractivity contribution >= 4 is 49.4 Å². The van der Waals surface area contributed by atoms with E-state index in [1.54, 1.807) is 18.2 Å². The number of ether oxygens (including phenoxy) is 2. The van der Waals surface area contributed by atoms with Crippen LogP contribution in [0.3, 0.4) is 0 Å². The fourth-order valence-corrected chi connectivity index (χ4v) is 3.56. The second-order valence-corrected chi connectivity index (χ2v) is 7.97. The monoisotopic (exact) mass is 528 g/mol. The number of carboxylic acid groups (broad SMARTS) is 1. The smallest absolute Gasteiger partial charge is 0.426 e. The summed E-state index contributed by atoms with van der Waals surface area (Å²) in [4.78, 5) is 11.2. The van der Waals surface area contributed by atoms with Gasteiger partial charge >= 0.3 is 12.1 Å². The molecule has 2 aromatic carbocycles. The summed E-state index contributed by atoms with van der Waals surface area (Å²) in [5.74, 6) is -2.97. The molecule has 10 heteroatoms. The summed E-state index contributed by atoms with van der Waals surface area (Å²) in [5.41, 5.74) is 0.272. The highest BCUT2D eigenvalue weighted by Gasteiger charge is 2.52. The first-order valence-corrected chi connectivity index (χ1v) is 9.44. The Bertz CT molecular complexity index is 904. The molecule has 0 saturated heterocycles. The van der Waals surface area contributed by atoms with Gasteiger partial charge in [-0.25, -0.2) is 0 Å². The summed E-state index contributed by atoms with van der Waals surface area (Å²) >= 11 is 12.8. The van der Waals surface area contributed by atoms with Crippen LogP contribution in [0.2, 0.25) is 5.02 Å². The third kappa shape index (κ3) is 4.35. The number of rotatable bonds is 3. The van der Waals surface area contributed by atoms with E-state index in [-0.39, 0.29) is 28.5 Å². The summed E-state index contributed by atoms with van der Waals surface area (Å²) in [6, 6.07) is 7.75. The number of carboxylic acids is 1. The van der Waals surface area contributed by atoms with Crippen molar-refractivity contribution in [3.8, 4) is 17.2 Å². The molecule has 1 aliphatic rings. The van der Waals surface area contributed by atoms with Gasteiger partial charge in [0.25, 0.3) is 0 Å². The molecule has 144 valence electrons. The van der Waals surface area contributed by atoms with Gasteiger partial charge in [-0.1, -0.05) is 27.5 Å². The lowest BCUT2D eigenvalue weighted by Crippen LogP contribution is -2.47. The second kappa shape index (κ2) is 7.52. The lowest BCUT2D eigenvalue weighted by molar-refractivity contribution is -0.217. The third-order valence-corrected chi connectivity index (χ3v) is 5.37. The number of halogens is 6. The SMILES string of the molecule is O=C(O)C1Cc2cc(Cl)c(Oc3cc(Br)ccc3Br)cc2OC1C(F)(F)F. The Kier molecular flexibility index (Phi) is 5.65. The molecule has 1 N–H and O–H groups in total. The van der Waals surface area contributed by atoms with E-state index >= 15 is 0 Å². The van der Waals surface area contributed by atoms with Gasteiger partial charge in [-0.3, -0.25) is 4.79 Å². The maximum Gasteiger partial charge on any atom is 0.426 e. The molecule has 27 heavy (non-hydrogen) atoms. The van der Waals surface area contributed by atoms with Gasteiger partial charge < -0.3 is 14.6 Å². The molecule has 1 aliphatic heterocycles. The maximum atomic E-state index is 13.2. The Labute approximate surface area is 173 Å². The van der Waals surface area contributed by atoms with Crippen molar-refractivity contribution in [3.05, 3.63) is 49.9 Å². The third-order valence-electron chi connectivity index (χ3n) is 3.93. The maximum absolute atomic E-state index is 13.2. The van der Waals surface area contributed by atoms with E-state index < -0.39 is 24.2 Å². The zero-order valence-corrected chi connectivity index (χ0v) is 17.1. The van der Waals surface area contributed by atoms with Crippen LogP contribution in [-0.2, 0) is 11.2 Å². The Morgan fingerprint density at radius 3 is 2.56 bits per heavy atom. The van der Waals surface area contributed by atoms with Crippen molar-refractivity contribution in [3.63, 3.8) is 0 Å². The summed E-state index contributed by atoms with van der Waals surface area (Å²) in [7, 11) is 0. The Hall–Kier alpha value is -1.45. The fraction of sp³-hybridized carbons (Fsp3) is 0.235. The zero-order chi connectivity index (χ0) is 19.9. The number of hydrogen-bond acceptors (Lipinski definition) is 3. The van der Waals surface area contributed by atoms with E-state index in [9.17, 15) is 18.0 Å².